The van der Waals surface area contributed by atoms with Crippen molar-refractivity contribution in [3.63, 3.8) is 0 Å². The first kappa shape index (κ1) is 15.1. The average Bonchev–Trinajstić information content (AvgIpc) is 3.15. The van der Waals surface area contributed by atoms with Crippen molar-refractivity contribution in [3.8, 4) is 11.3 Å². The summed E-state index contributed by atoms with van der Waals surface area (Å²) in [5.74, 6) is 0. The molecule has 2 aliphatic rings. The van der Waals surface area contributed by atoms with Crippen molar-refractivity contribution in [2.75, 3.05) is 0 Å². The van der Waals surface area contributed by atoms with Gasteiger partial charge in [0.1, 0.15) is 0 Å². The van der Waals surface area contributed by atoms with Crippen molar-refractivity contribution < 1.29 is 0 Å². The standard InChI is InChI=1S/C25H19N/c1-3-10-17-18-11-5-7-13-21(18)25(20(17)4-2)22-14-8-6-12-19(22)24-23(25)15-9-16-26-24/h3-16H,2H2,1H3/b10-3-. The third kappa shape index (κ3) is 1.63. The first-order valence-electron chi connectivity index (χ1n) is 8.99. The minimum Gasteiger partial charge on any atom is -0.256 e. The monoisotopic (exact) mass is 333 g/mol. The highest BCUT2D eigenvalue weighted by molar-refractivity contribution is 5.96. The maximum Gasteiger partial charge on any atom is 0.0753 e. The maximum absolute atomic E-state index is 4.76. The number of hydrogen-bond donors (Lipinski definition) is 0. The molecule has 2 aromatic carbocycles. The summed E-state index contributed by atoms with van der Waals surface area (Å²) in [7, 11) is 0. The van der Waals surface area contributed by atoms with E-state index in [1.807, 2.05) is 18.3 Å². The van der Waals surface area contributed by atoms with E-state index in [9.17, 15) is 0 Å². The van der Waals surface area contributed by atoms with E-state index in [4.69, 9.17) is 4.98 Å². The molecule has 0 saturated carbocycles. The number of allylic oxidation sites excluding steroid dienone is 5. The van der Waals surface area contributed by atoms with Crippen LogP contribution in [0.25, 0.3) is 16.8 Å². The molecule has 26 heavy (non-hydrogen) atoms. The van der Waals surface area contributed by atoms with Crippen molar-refractivity contribution in [2.24, 2.45) is 0 Å². The lowest BCUT2D eigenvalue weighted by atomic mass is 9.70. The number of aromatic nitrogens is 1. The van der Waals surface area contributed by atoms with E-state index in [0.717, 1.165) is 5.69 Å². The molecule has 0 bridgehead atoms. The molecule has 0 fully saturated rings. The van der Waals surface area contributed by atoms with Crippen molar-refractivity contribution in [2.45, 2.75) is 12.3 Å². The lowest BCUT2D eigenvalue weighted by Crippen LogP contribution is -2.26. The summed E-state index contributed by atoms with van der Waals surface area (Å²) in [4.78, 5) is 4.76. The first-order chi connectivity index (χ1) is 12.8. The fourth-order valence-electron chi connectivity index (χ4n) is 4.81. The van der Waals surface area contributed by atoms with Crippen LogP contribution in [0.3, 0.4) is 0 Å². The van der Waals surface area contributed by atoms with E-state index in [2.05, 4.69) is 80.3 Å². The zero-order chi connectivity index (χ0) is 17.7. The molecule has 1 heterocycles. The van der Waals surface area contributed by atoms with Gasteiger partial charge in [-0.15, -0.1) is 0 Å². The van der Waals surface area contributed by atoms with Gasteiger partial charge >= 0.3 is 0 Å². The molecule has 1 nitrogen and oxygen atoms in total. The van der Waals surface area contributed by atoms with Crippen LogP contribution in [0.4, 0.5) is 0 Å². The fourth-order valence-corrected chi connectivity index (χ4v) is 4.81. The Kier molecular flexibility index (Phi) is 3.14. The summed E-state index contributed by atoms with van der Waals surface area (Å²) in [5.41, 5.74) is 9.64. The highest BCUT2D eigenvalue weighted by atomic mass is 14.7. The summed E-state index contributed by atoms with van der Waals surface area (Å²) in [6.45, 7) is 6.28. The van der Waals surface area contributed by atoms with Gasteiger partial charge in [-0.3, -0.25) is 4.98 Å². The predicted octanol–water partition coefficient (Wildman–Crippen LogP) is 5.93. The smallest absolute Gasteiger partial charge is 0.0753 e. The Morgan fingerprint density at radius 2 is 1.50 bits per heavy atom. The van der Waals surface area contributed by atoms with Gasteiger partial charge in [-0.2, -0.15) is 0 Å². The first-order valence-corrected chi connectivity index (χ1v) is 8.99. The molecule has 0 saturated heterocycles. The van der Waals surface area contributed by atoms with Crippen molar-refractivity contribution in [3.05, 3.63) is 119 Å². The molecule has 5 rings (SSSR count). The van der Waals surface area contributed by atoms with Crippen LogP contribution in [-0.2, 0) is 5.41 Å². The molecule has 1 aromatic heterocycles. The van der Waals surface area contributed by atoms with Gasteiger partial charge in [0.15, 0.2) is 0 Å². The Hall–Kier alpha value is -3.19. The molecule has 0 amide bonds. The third-order valence-electron chi connectivity index (χ3n) is 5.65. The molecule has 3 aromatic rings. The minimum absolute atomic E-state index is 0.326. The average molecular weight is 333 g/mol. The van der Waals surface area contributed by atoms with Crippen LogP contribution in [0.5, 0.6) is 0 Å². The Labute approximate surface area is 154 Å². The highest BCUT2D eigenvalue weighted by Gasteiger charge is 2.51. The van der Waals surface area contributed by atoms with Crippen LogP contribution in [0.1, 0.15) is 29.2 Å². The minimum atomic E-state index is -0.326. The zero-order valence-electron chi connectivity index (χ0n) is 14.7. The number of benzene rings is 2. The summed E-state index contributed by atoms with van der Waals surface area (Å²) < 4.78 is 0. The molecular weight excluding hydrogens is 314 g/mol. The van der Waals surface area contributed by atoms with Crippen molar-refractivity contribution >= 4 is 5.57 Å². The molecule has 0 aliphatic heterocycles. The largest absolute Gasteiger partial charge is 0.256 e. The Bertz CT molecular complexity index is 1070. The molecule has 1 atom stereocenters. The van der Waals surface area contributed by atoms with Gasteiger partial charge in [-0.1, -0.05) is 79.4 Å². The van der Waals surface area contributed by atoms with Crippen LogP contribution in [0.15, 0.2) is 97.2 Å². The molecule has 2 aliphatic carbocycles. The number of rotatable bonds is 2. The van der Waals surface area contributed by atoms with E-state index in [1.54, 1.807) is 0 Å². The molecule has 1 unspecified atom stereocenters. The second-order valence-corrected chi connectivity index (χ2v) is 6.77. The van der Waals surface area contributed by atoms with E-state index in [-0.39, 0.29) is 5.41 Å². The summed E-state index contributed by atoms with van der Waals surface area (Å²) in [6, 6.07) is 21.7. The number of hydrogen-bond acceptors (Lipinski definition) is 1. The SMILES string of the molecule is C=CC1=C(/C=C\C)c2ccccc2C12c1ccccc1-c1ncccc12. The Morgan fingerprint density at radius 3 is 2.23 bits per heavy atom. The second-order valence-electron chi connectivity index (χ2n) is 6.77. The fraction of sp³-hybridized carbons (Fsp3) is 0.0800. The van der Waals surface area contributed by atoms with Gasteiger partial charge in [-0.05, 0) is 46.4 Å². The van der Waals surface area contributed by atoms with Gasteiger partial charge in [0.2, 0.25) is 0 Å². The van der Waals surface area contributed by atoms with Crippen molar-refractivity contribution in [1.82, 2.24) is 4.98 Å². The van der Waals surface area contributed by atoms with Gasteiger partial charge < -0.3 is 0 Å². The topological polar surface area (TPSA) is 12.9 Å². The Morgan fingerprint density at radius 1 is 0.846 bits per heavy atom. The normalized spacial score (nSPS) is 19.7. The van der Waals surface area contributed by atoms with Crippen LogP contribution in [-0.4, -0.2) is 4.98 Å². The van der Waals surface area contributed by atoms with Gasteiger partial charge in [0, 0.05) is 11.8 Å². The van der Waals surface area contributed by atoms with Crippen LogP contribution < -0.4 is 0 Å². The molecule has 1 spiro atoms. The van der Waals surface area contributed by atoms with Crippen LogP contribution >= 0.6 is 0 Å². The van der Waals surface area contributed by atoms with E-state index >= 15 is 0 Å². The number of nitrogens with zero attached hydrogens (tertiary/aromatic N) is 1. The van der Waals surface area contributed by atoms with Gasteiger partial charge in [-0.25, -0.2) is 0 Å². The lowest BCUT2D eigenvalue weighted by Gasteiger charge is -2.31. The van der Waals surface area contributed by atoms with E-state index in [0.29, 0.717) is 0 Å². The van der Waals surface area contributed by atoms with Gasteiger partial charge in [0.25, 0.3) is 0 Å². The third-order valence-corrected chi connectivity index (χ3v) is 5.65. The molecule has 0 N–H and O–H groups in total. The predicted molar refractivity (Wildman–Crippen MR) is 108 cm³/mol. The van der Waals surface area contributed by atoms with Crippen molar-refractivity contribution in [1.29, 1.82) is 0 Å². The number of fused-ring (bicyclic) bond motifs is 7. The quantitative estimate of drug-likeness (QED) is 0.567. The molecular formula is C25H19N. The molecule has 124 valence electrons. The van der Waals surface area contributed by atoms with E-state index < -0.39 is 0 Å². The summed E-state index contributed by atoms with van der Waals surface area (Å²) in [5, 5.41) is 0. The maximum atomic E-state index is 4.76. The molecule has 1 heteroatoms. The Balaban J connectivity index is 2.02. The highest BCUT2D eigenvalue weighted by Crippen LogP contribution is 2.61. The zero-order valence-corrected chi connectivity index (χ0v) is 14.7. The van der Waals surface area contributed by atoms with Gasteiger partial charge in [0.05, 0.1) is 11.1 Å². The van der Waals surface area contributed by atoms with E-state index in [1.165, 1.54) is 39.0 Å². The number of pyridine rings is 1. The van der Waals surface area contributed by atoms with Crippen LogP contribution in [0, 0.1) is 0 Å². The van der Waals surface area contributed by atoms with Crippen LogP contribution in [0.2, 0.25) is 0 Å². The second kappa shape index (κ2) is 5.40. The summed E-state index contributed by atoms with van der Waals surface area (Å²) >= 11 is 0. The summed E-state index contributed by atoms with van der Waals surface area (Å²) in [6.07, 6.45) is 8.25. The molecule has 0 radical (unpaired) electrons. The lowest BCUT2D eigenvalue weighted by molar-refractivity contribution is 0.784.